The summed E-state index contributed by atoms with van der Waals surface area (Å²) in [6.07, 6.45) is 10.5. The number of ether oxygens (including phenoxy) is 1. The van der Waals surface area contributed by atoms with E-state index in [4.69, 9.17) is 4.74 Å². The van der Waals surface area contributed by atoms with Crippen molar-refractivity contribution in [3.8, 4) is 0 Å². The van der Waals surface area contributed by atoms with Crippen LogP contribution in [0.5, 0.6) is 0 Å². The number of hydrogen-bond acceptors (Lipinski definition) is 4. The fourth-order valence-corrected chi connectivity index (χ4v) is 2.53. The van der Waals surface area contributed by atoms with Crippen molar-refractivity contribution in [1.82, 2.24) is 0 Å². The van der Waals surface area contributed by atoms with Gasteiger partial charge in [-0.25, -0.2) is 4.79 Å². The predicted molar refractivity (Wildman–Crippen MR) is 96.6 cm³/mol. The van der Waals surface area contributed by atoms with E-state index < -0.39 is 11.7 Å². The Morgan fingerprint density at radius 3 is 2.46 bits per heavy atom. The average molecular weight is 336 g/mol. The van der Waals surface area contributed by atoms with E-state index in [1.807, 2.05) is 0 Å². The molecule has 4 heteroatoms. The molecule has 4 nitrogen and oxygen atoms in total. The van der Waals surface area contributed by atoms with Crippen molar-refractivity contribution in [3.05, 3.63) is 34.9 Å². The number of allylic oxidation sites excluding steroid dienone is 4. The summed E-state index contributed by atoms with van der Waals surface area (Å²) in [5.41, 5.74) is 2.63. The summed E-state index contributed by atoms with van der Waals surface area (Å²) in [5, 5.41) is 19.5. The Kier molecular flexibility index (Phi) is 8.43. The summed E-state index contributed by atoms with van der Waals surface area (Å²) in [4.78, 5) is 11.0. The first-order valence-electron chi connectivity index (χ1n) is 8.76. The van der Waals surface area contributed by atoms with Gasteiger partial charge in [0.1, 0.15) is 6.61 Å². The second-order valence-corrected chi connectivity index (χ2v) is 7.30. The molecule has 0 aliphatic carbocycles. The second kappa shape index (κ2) is 9.80. The summed E-state index contributed by atoms with van der Waals surface area (Å²) < 4.78 is 4.88. The van der Waals surface area contributed by atoms with Gasteiger partial charge in [0.05, 0.1) is 11.7 Å². The third kappa shape index (κ3) is 8.46. The van der Waals surface area contributed by atoms with Crippen molar-refractivity contribution in [3.63, 3.8) is 0 Å². The maximum atomic E-state index is 11.0. The molecule has 0 radical (unpaired) electrons. The Balaban J connectivity index is 2.23. The minimum absolute atomic E-state index is 0.221. The summed E-state index contributed by atoms with van der Waals surface area (Å²) >= 11 is 0. The number of carbonyl (C=O) groups is 1. The maximum absolute atomic E-state index is 11.0. The van der Waals surface area contributed by atoms with E-state index in [9.17, 15) is 15.0 Å². The van der Waals surface area contributed by atoms with Crippen LogP contribution >= 0.6 is 0 Å². The molecule has 0 aromatic heterocycles. The maximum Gasteiger partial charge on any atom is 0.331 e. The van der Waals surface area contributed by atoms with Crippen molar-refractivity contribution in [2.75, 3.05) is 6.61 Å². The van der Waals surface area contributed by atoms with Gasteiger partial charge in [-0.2, -0.15) is 0 Å². The number of aliphatic hydroxyl groups excluding tert-OH is 1. The Labute approximate surface area is 145 Å². The zero-order valence-corrected chi connectivity index (χ0v) is 15.5. The normalized spacial score (nSPS) is 17.8. The van der Waals surface area contributed by atoms with Gasteiger partial charge in [0, 0.05) is 6.08 Å². The molecule has 1 atom stereocenters. The van der Waals surface area contributed by atoms with Crippen molar-refractivity contribution >= 4 is 5.97 Å². The van der Waals surface area contributed by atoms with Gasteiger partial charge in [-0.1, -0.05) is 23.3 Å². The Hall–Kier alpha value is -1.39. The third-order valence-electron chi connectivity index (χ3n) is 4.34. The highest BCUT2D eigenvalue weighted by Gasteiger charge is 2.23. The molecule has 1 aliphatic rings. The van der Waals surface area contributed by atoms with E-state index in [1.54, 1.807) is 19.9 Å². The lowest BCUT2D eigenvalue weighted by Gasteiger charge is -2.24. The molecule has 0 bridgehead atoms. The SMILES string of the molecule is C/C(=C\CCC1=CC(=O)OC1)CC/C=C(\C)CC[C@H](O)C(C)(C)O. The summed E-state index contributed by atoms with van der Waals surface area (Å²) in [6.45, 7) is 7.92. The van der Waals surface area contributed by atoms with Crippen molar-refractivity contribution in [1.29, 1.82) is 0 Å². The lowest BCUT2D eigenvalue weighted by atomic mass is 9.95. The van der Waals surface area contributed by atoms with Crippen molar-refractivity contribution < 1.29 is 19.7 Å². The Morgan fingerprint density at radius 2 is 1.88 bits per heavy atom. The topological polar surface area (TPSA) is 66.8 Å². The molecular formula is C20H32O4. The van der Waals surface area contributed by atoms with Crippen LogP contribution in [0.1, 0.15) is 66.2 Å². The van der Waals surface area contributed by atoms with Crippen molar-refractivity contribution in [2.45, 2.75) is 77.9 Å². The third-order valence-corrected chi connectivity index (χ3v) is 4.34. The average Bonchev–Trinajstić information content (AvgIpc) is 2.89. The summed E-state index contributed by atoms with van der Waals surface area (Å²) in [6, 6.07) is 0. The monoisotopic (exact) mass is 336 g/mol. The highest BCUT2D eigenvalue weighted by molar-refractivity contribution is 5.85. The van der Waals surface area contributed by atoms with Crippen LogP contribution in [0, 0.1) is 0 Å². The number of hydrogen-bond donors (Lipinski definition) is 2. The van der Waals surface area contributed by atoms with Crippen LogP contribution in [0.25, 0.3) is 0 Å². The molecule has 1 heterocycles. The van der Waals surface area contributed by atoms with Crippen LogP contribution in [-0.4, -0.2) is 34.5 Å². The quantitative estimate of drug-likeness (QED) is 0.470. The van der Waals surface area contributed by atoms with E-state index in [-0.39, 0.29) is 5.97 Å². The lowest BCUT2D eigenvalue weighted by Crippen LogP contribution is -2.35. The van der Waals surface area contributed by atoms with Gasteiger partial charge in [-0.3, -0.25) is 0 Å². The first-order chi connectivity index (χ1) is 11.2. The first-order valence-corrected chi connectivity index (χ1v) is 8.76. The molecule has 0 fully saturated rings. The molecule has 24 heavy (non-hydrogen) atoms. The second-order valence-electron chi connectivity index (χ2n) is 7.30. The van der Waals surface area contributed by atoms with Gasteiger partial charge in [0.25, 0.3) is 0 Å². The number of rotatable bonds is 10. The fraction of sp³-hybridized carbons (Fsp3) is 0.650. The highest BCUT2D eigenvalue weighted by Crippen LogP contribution is 2.18. The summed E-state index contributed by atoms with van der Waals surface area (Å²) in [7, 11) is 0. The van der Waals surface area contributed by atoms with E-state index in [0.717, 1.165) is 37.7 Å². The van der Waals surface area contributed by atoms with Gasteiger partial charge in [0.15, 0.2) is 0 Å². The first kappa shape index (κ1) is 20.7. The van der Waals surface area contributed by atoms with E-state index in [2.05, 4.69) is 26.0 Å². The molecule has 0 aromatic rings. The van der Waals surface area contributed by atoms with Gasteiger partial charge < -0.3 is 14.9 Å². The molecule has 1 rings (SSSR count). The lowest BCUT2D eigenvalue weighted by molar-refractivity contribution is -0.134. The van der Waals surface area contributed by atoms with Crippen LogP contribution < -0.4 is 0 Å². The molecule has 0 aromatic carbocycles. The van der Waals surface area contributed by atoms with Crippen LogP contribution in [0.3, 0.4) is 0 Å². The Bertz CT molecular complexity index is 506. The Morgan fingerprint density at radius 1 is 1.25 bits per heavy atom. The minimum Gasteiger partial charge on any atom is -0.458 e. The van der Waals surface area contributed by atoms with Crippen molar-refractivity contribution in [2.24, 2.45) is 0 Å². The summed E-state index contributed by atoms with van der Waals surface area (Å²) in [5.74, 6) is -0.221. The van der Waals surface area contributed by atoms with Crippen LogP contribution in [0.15, 0.2) is 34.9 Å². The molecular weight excluding hydrogens is 304 g/mol. The predicted octanol–water partition coefficient (Wildman–Crippen LogP) is 3.83. The smallest absolute Gasteiger partial charge is 0.331 e. The molecule has 0 saturated heterocycles. The molecule has 2 N–H and O–H groups in total. The molecule has 0 saturated carbocycles. The van der Waals surface area contributed by atoms with Crippen LogP contribution in [-0.2, 0) is 9.53 Å². The van der Waals surface area contributed by atoms with E-state index in [1.165, 1.54) is 11.1 Å². The highest BCUT2D eigenvalue weighted by atomic mass is 16.5. The van der Waals surface area contributed by atoms with Gasteiger partial charge in [-0.15, -0.1) is 0 Å². The molecule has 0 spiro atoms. The van der Waals surface area contributed by atoms with E-state index >= 15 is 0 Å². The fourth-order valence-electron chi connectivity index (χ4n) is 2.53. The molecule has 1 aliphatic heterocycles. The van der Waals surface area contributed by atoms with Crippen LogP contribution in [0.4, 0.5) is 0 Å². The zero-order valence-electron chi connectivity index (χ0n) is 15.5. The molecule has 136 valence electrons. The number of aliphatic hydroxyl groups is 2. The number of esters is 1. The number of cyclic esters (lactones) is 1. The largest absolute Gasteiger partial charge is 0.458 e. The van der Waals surface area contributed by atoms with Gasteiger partial charge in [-0.05, 0) is 71.8 Å². The van der Waals surface area contributed by atoms with Gasteiger partial charge in [0.2, 0.25) is 0 Å². The number of carbonyl (C=O) groups excluding carboxylic acids is 1. The molecule has 0 amide bonds. The van der Waals surface area contributed by atoms with Crippen LogP contribution in [0.2, 0.25) is 0 Å². The van der Waals surface area contributed by atoms with E-state index in [0.29, 0.717) is 13.0 Å². The standard InChI is InChI=1S/C20H32O4/c1-15(9-6-10-17-13-19(22)24-14-17)7-5-8-16(2)11-12-18(21)20(3,4)23/h8-9,13,18,21,23H,5-7,10-12,14H2,1-4H3/b15-9+,16-8+/t18-/m0/s1. The minimum atomic E-state index is -1.04. The zero-order chi connectivity index (χ0) is 18.2. The van der Waals surface area contributed by atoms with Gasteiger partial charge >= 0.3 is 5.97 Å². The molecule has 0 unspecified atom stereocenters.